The molecular weight excluding hydrogens is 412 g/mol. The summed E-state index contributed by atoms with van der Waals surface area (Å²) in [5.74, 6) is 0.532. The van der Waals surface area contributed by atoms with E-state index in [-0.39, 0.29) is 35.8 Å². The highest BCUT2D eigenvalue weighted by molar-refractivity contribution is 6.00. The third-order valence-electron chi connectivity index (χ3n) is 4.78. The van der Waals surface area contributed by atoms with E-state index in [4.69, 9.17) is 9.15 Å². The van der Waals surface area contributed by atoms with Crippen molar-refractivity contribution in [3.8, 4) is 5.75 Å². The van der Waals surface area contributed by atoms with Gasteiger partial charge in [-0.25, -0.2) is 4.98 Å². The molecule has 0 saturated carbocycles. The predicted molar refractivity (Wildman–Crippen MR) is 117 cm³/mol. The van der Waals surface area contributed by atoms with Gasteiger partial charge in [-0.2, -0.15) is 0 Å². The van der Waals surface area contributed by atoms with E-state index in [9.17, 15) is 14.4 Å². The number of nitrogens with one attached hydrogen (secondary N) is 2. The number of rotatable bonds is 7. The highest BCUT2D eigenvalue weighted by Crippen LogP contribution is 2.13. The van der Waals surface area contributed by atoms with Gasteiger partial charge in [0.05, 0.1) is 38.1 Å². The normalized spacial score (nSPS) is 10.7. The Hall–Kier alpha value is -4.40. The summed E-state index contributed by atoms with van der Waals surface area (Å²) >= 11 is 0. The van der Waals surface area contributed by atoms with E-state index in [1.807, 2.05) is 0 Å². The summed E-state index contributed by atoms with van der Waals surface area (Å²) in [6.45, 7) is 0.205. The first-order valence-electron chi connectivity index (χ1n) is 9.79. The maximum absolute atomic E-state index is 12.9. The molecule has 0 atom stereocenters. The van der Waals surface area contributed by atoms with E-state index in [1.54, 1.807) is 55.6 Å². The summed E-state index contributed by atoms with van der Waals surface area (Å²) in [5, 5.41) is 5.32. The van der Waals surface area contributed by atoms with Crippen molar-refractivity contribution < 1.29 is 18.7 Å². The Bertz CT molecular complexity index is 1310. The third-order valence-corrected chi connectivity index (χ3v) is 4.78. The summed E-state index contributed by atoms with van der Waals surface area (Å²) in [4.78, 5) is 42.1. The second-order valence-electron chi connectivity index (χ2n) is 6.93. The number of benzene rings is 1. The lowest BCUT2D eigenvalue weighted by molar-refractivity contribution is -0.115. The Morgan fingerprint density at radius 1 is 1.12 bits per heavy atom. The number of pyridine rings is 1. The standard InChI is InChI=1S/C23H20N4O5/c1-31-16-8-6-15(7-9-16)12-20(28)26-19-14-24-21-18(5-2-10-27(21)23(19)30)22(29)25-13-17-4-3-11-32-17/h2-11,14H,12-13H2,1H3,(H,25,29)(H,26,28). The zero-order chi connectivity index (χ0) is 22.5. The minimum atomic E-state index is -0.487. The highest BCUT2D eigenvalue weighted by Gasteiger charge is 2.15. The molecule has 0 aliphatic carbocycles. The molecule has 162 valence electrons. The predicted octanol–water partition coefficient (Wildman–Crippen LogP) is 2.41. The van der Waals surface area contributed by atoms with Crippen molar-refractivity contribution in [2.75, 3.05) is 12.4 Å². The molecule has 4 rings (SSSR count). The SMILES string of the molecule is COc1ccc(CC(=O)Nc2cnc3c(C(=O)NCc4ccco4)cccn3c2=O)cc1. The smallest absolute Gasteiger partial charge is 0.281 e. The van der Waals surface area contributed by atoms with Crippen molar-refractivity contribution in [2.24, 2.45) is 0 Å². The van der Waals surface area contributed by atoms with Gasteiger partial charge in [0.25, 0.3) is 11.5 Å². The number of nitrogens with zero attached hydrogens (tertiary/aromatic N) is 2. The van der Waals surface area contributed by atoms with Crippen molar-refractivity contribution in [3.05, 3.63) is 94.4 Å². The summed E-state index contributed by atoms with van der Waals surface area (Å²) < 4.78 is 11.5. The lowest BCUT2D eigenvalue weighted by Crippen LogP contribution is -2.27. The van der Waals surface area contributed by atoms with Gasteiger partial charge in [0, 0.05) is 6.20 Å². The second-order valence-corrected chi connectivity index (χ2v) is 6.93. The number of methoxy groups -OCH3 is 1. The van der Waals surface area contributed by atoms with Crippen LogP contribution in [0.4, 0.5) is 5.69 Å². The van der Waals surface area contributed by atoms with Gasteiger partial charge in [-0.15, -0.1) is 0 Å². The van der Waals surface area contributed by atoms with Gasteiger partial charge in [0.15, 0.2) is 5.65 Å². The van der Waals surface area contributed by atoms with Gasteiger partial charge in [-0.05, 0) is 42.0 Å². The van der Waals surface area contributed by atoms with Crippen LogP contribution in [0, 0.1) is 0 Å². The molecule has 1 aromatic carbocycles. The van der Waals surface area contributed by atoms with E-state index in [0.717, 1.165) is 5.56 Å². The molecule has 0 aliphatic rings. The van der Waals surface area contributed by atoms with Gasteiger partial charge in [0.1, 0.15) is 17.2 Å². The van der Waals surface area contributed by atoms with Gasteiger partial charge >= 0.3 is 0 Å². The zero-order valence-corrected chi connectivity index (χ0v) is 17.2. The van der Waals surface area contributed by atoms with Crippen LogP contribution >= 0.6 is 0 Å². The molecule has 3 aromatic heterocycles. The molecule has 0 aliphatic heterocycles. The van der Waals surface area contributed by atoms with Crippen molar-refractivity contribution in [2.45, 2.75) is 13.0 Å². The first kappa shape index (κ1) is 20.9. The number of carbonyl (C=O) groups excluding carboxylic acids is 2. The Labute approximate surface area is 182 Å². The first-order chi connectivity index (χ1) is 15.5. The maximum Gasteiger partial charge on any atom is 0.281 e. The number of hydrogen-bond acceptors (Lipinski definition) is 6. The van der Waals surface area contributed by atoms with Crippen LogP contribution in [0.25, 0.3) is 5.65 Å². The van der Waals surface area contributed by atoms with Crippen molar-refractivity contribution in [1.29, 1.82) is 0 Å². The molecule has 3 heterocycles. The molecule has 0 unspecified atom stereocenters. The lowest BCUT2D eigenvalue weighted by Gasteiger charge is -2.10. The minimum Gasteiger partial charge on any atom is -0.497 e. The van der Waals surface area contributed by atoms with E-state index in [0.29, 0.717) is 11.5 Å². The number of fused-ring (bicyclic) bond motifs is 1. The number of anilines is 1. The first-order valence-corrected chi connectivity index (χ1v) is 9.79. The third kappa shape index (κ3) is 4.51. The van der Waals surface area contributed by atoms with E-state index in [1.165, 1.54) is 23.1 Å². The van der Waals surface area contributed by atoms with E-state index >= 15 is 0 Å². The van der Waals surface area contributed by atoms with Crippen LogP contribution in [0.2, 0.25) is 0 Å². The molecule has 0 bridgehead atoms. The van der Waals surface area contributed by atoms with Crippen LogP contribution in [0.15, 0.2) is 76.4 Å². The number of carbonyl (C=O) groups is 2. The van der Waals surface area contributed by atoms with Crippen molar-refractivity contribution in [1.82, 2.24) is 14.7 Å². The molecule has 9 heteroatoms. The molecule has 0 spiro atoms. The fourth-order valence-electron chi connectivity index (χ4n) is 3.17. The summed E-state index contributed by atoms with van der Waals surface area (Å²) in [6, 6.07) is 13.7. The Balaban J connectivity index is 1.51. The van der Waals surface area contributed by atoms with E-state index < -0.39 is 11.5 Å². The fourth-order valence-corrected chi connectivity index (χ4v) is 3.17. The number of furan rings is 1. The van der Waals surface area contributed by atoms with Crippen LogP contribution in [0.1, 0.15) is 21.7 Å². The summed E-state index contributed by atoms with van der Waals surface area (Å²) in [6.07, 6.45) is 4.35. The molecule has 0 saturated heterocycles. The van der Waals surface area contributed by atoms with Crippen LogP contribution < -0.4 is 20.9 Å². The number of hydrogen-bond donors (Lipinski definition) is 2. The van der Waals surface area contributed by atoms with Crippen LogP contribution in [-0.2, 0) is 17.8 Å². The maximum atomic E-state index is 12.9. The largest absolute Gasteiger partial charge is 0.497 e. The quantitative estimate of drug-likeness (QED) is 0.463. The number of aromatic nitrogens is 2. The van der Waals surface area contributed by atoms with Crippen molar-refractivity contribution >= 4 is 23.1 Å². The van der Waals surface area contributed by atoms with Gasteiger partial charge in [-0.1, -0.05) is 12.1 Å². The van der Waals surface area contributed by atoms with Crippen LogP contribution in [-0.4, -0.2) is 28.3 Å². The monoisotopic (exact) mass is 432 g/mol. The molecule has 32 heavy (non-hydrogen) atoms. The second kappa shape index (κ2) is 9.17. The highest BCUT2D eigenvalue weighted by atomic mass is 16.5. The van der Waals surface area contributed by atoms with E-state index in [2.05, 4.69) is 15.6 Å². The van der Waals surface area contributed by atoms with Gasteiger partial charge in [0.2, 0.25) is 5.91 Å². The molecule has 4 aromatic rings. The minimum absolute atomic E-state index is 0.0224. The molecule has 0 fully saturated rings. The molecule has 2 amide bonds. The zero-order valence-electron chi connectivity index (χ0n) is 17.2. The topological polar surface area (TPSA) is 115 Å². The summed E-state index contributed by atoms with van der Waals surface area (Å²) in [7, 11) is 1.57. The molecule has 9 nitrogen and oxygen atoms in total. The average molecular weight is 432 g/mol. The van der Waals surface area contributed by atoms with Gasteiger partial charge in [-0.3, -0.25) is 18.8 Å². The van der Waals surface area contributed by atoms with Crippen LogP contribution in [0.5, 0.6) is 5.75 Å². The van der Waals surface area contributed by atoms with Gasteiger partial charge < -0.3 is 19.8 Å². The fraction of sp³-hybridized carbons (Fsp3) is 0.130. The summed E-state index contributed by atoms with van der Waals surface area (Å²) in [5.41, 5.74) is 0.718. The number of amides is 2. The number of ether oxygens (including phenoxy) is 1. The molecule has 2 N–H and O–H groups in total. The lowest BCUT2D eigenvalue weighted by atomic mass is 10.1. The van der Waals surface area contributed by atoms with Crippen molar-refractivity contribution in [3.63, 3.8) is 0 Å². The van der Waals surface area contributed by atoms with Crippen LogP contribution in [0.3, 0.4) is 0 Å². The molecular formula is C23H20N4O5. The Morgan fingerprint density at radius 2 is 1.94 bits per heavy atom. The molecule has 0 radical (unpaired) electrons. The Morgan fingerprint density at radius 3 is 2.66 bits per heavy atom. The average Bonchev–Trinajstić information content (AvgIpc) is 3.33. The Kier molecular flexibility index (Phi) is 5.98.